The van der Waals surface area contributed by atoms with Gasteiger partial charge in [0.2, 0.25) is 16.0 Å². The average Bonchev–Trinajstić information content (AvgIpc) is 3.48. The second kappa shape index (κ2) is 8.91. The molecule has 5 rings (SSSR count). The second-order valence-electron chi connectivity index (χ2n) is 10.6. The molecule has 1 unspecified atom stereocenters. The van der Waals surface area contributed by atoms with Crippen molar-refractivity contribution in [2.75, 3.05) is 50.5 Å². The van der Waals surface area contributed by atoms with E-state index in [-0.39, 0.29) is 17.8 Å². The summed E-state index contributed by atoms with van der Waals surface area (Å²) in [7, 11) is -3.20. The zero-order chi connectivity index (χ0) is 24.1. The zero-order valence-electron chi connectivity index (χ0n) is 20.3. The molecule has 2 saturated heterocycles. The van der Waals surface area contributed by atoms with Crippen LogP contribution in [0, 0.1) is 11.8 Å². The number of rotatable bonds is 6. The lowest BCUT2D eigenvalue weighted by Gasteiger charge is -2.41. The lowest BCUT2D eigenvalue weighted by Crippen LogP contribution is -2.54. The minimum Gasteiger partial charge on any atom is -0.443 e. The van der Waals surface area contributed by atoms with Gasteiger partial charge in [-0.1, -0.05) is 6.92 Å². The summed E-state index contributed by atoms with van der Waals surface area (Å²) < 4.78 is 36.9. The van der Waals surface area contributed by atoms with Crippen molar-refractivity contribution in [3.63, 3.8) is 0 Å². The van der Waals surface area contributed by atoms with E-state index in [1.54, 1.807) is 6.20 Å². The summed E-state index contributed by atoms with van der Waals surface area (Å²) in [4.78, 5) is 25.5. The summed E-state index contributed by atoms with van der Waals surface area (Å²) in [5, 5.41) is 0. The number of fused-ring (bicyclic) bond motifs is 1. The predicted octanol–water partition coefficient (Wildman–Crippen LogP) is 1.65. The van der Waals surface area contributed by atoms with E-state index in [2.05, 4.69) is 16.8 Å². The van der Waals surface area contributed by atoms with Crippen LogP contribution in [0.15, 0.2) is 6.20 Å². The summed E-state index contributed by atoms with van der Waals surface area (Å²) >= 11 is 0. The van der Waals surface area contributed by atoms with Gasteiger partial charge in [0.15, 0.2) is 0 Å². The maximum absolute atomic E-state index is 12.4. The summed E-state index contributed by atoms with van der Waals surface area (Å²) in [5.74, 6) is 1.50. The van der Waals surface area contributed by atoms with Gasteiger partial charge in [0, 0.05) is 57.4 Å². The van der Waals surface area contributed by atoms with E-state index >= 15 is 0 Å². The molecule has 10 nitrogen and oxygen atoms in total. The lowest BCUT2D eigenvalue weighted by molar-refractivity contribution is -0.0199. The molecule has 3 fully saturated rings. The fourth-order valence-corrected chi connectivity index (χ4v) is 5.64. The van der Waals surface area contributed by atoms with Crippen LogP contribution in [0.3, 0.4) is 0 Å². The molecule has 3 aliphatic heterocycles. The maximum Gasteiger partial charge on any atom is 0.410 e. The topological polar surface area (TPSA) is 105 Å². The normalized spacial score (nSPS) is 27.1. The van der Waals surface area contributed by atoms with Crippen LogP contribution in [-0.4, -0.2) is 91.0 Å². The number of carbonyl (C=O) groups is 1. The Kier molecular flexibility index (Phi) is 6.22. The van der Waals surface area contributed by atoms with E-state index in [1.807, 2.05) is 11.8 Å². The van der Waals surface area contributed by atoms with Gasteiger partial charge in [0.1, 0.15) is 5.60 Å². The van der Waals surface area contributed by atoms with Crippen molar-refractivity contribution in [2.45, 2.75) is 57.8 Å². The van der Waals surface area contributed by atoms with Crippen molar-refractivity contribution in [1.82, 2.24) is 19.2 Å². The third kappa shape index (κ3) is 5.16. The standard InChI is InChI=1S/C23H35N5O5S/c1-16-11-26(22(29)33-23(2)6-7-23)8-4-17(16)15-32-19-13-27(14-19)21-24-10-18-12-28(34(3,30)31)9-5-20(18)25-21/h10,16-17,19H,4-9,11-15H2,1-3H3/t16-,17?/m0/s1. The number of aromatic nitrogens is 2. The average molecular weight is 494 g/mol. The van der Waals surface area contributed by atoms with Gasteiger partial charge in [-0.2, -0.15) is 4.31 Å². The van der Waals surface area contributed by atoms with E-state index in [1.165, 1.54) is 10.6 Å². The Bertz CT molecular complexity index is 1040. The number of hydrogen-bond donors (Lipinski definition) is 0. The number of ether oxygens (including phenoxy) is 2. The van der Waals surface area contributed by atoms with Crippen molar-refractivity contribution in [3.05, 3.63) is 17.5 Å². The van der Waals surface area contributed by atoms with Gasteiger partial charge in [0.25, 0.3) is 0 Å². The highest BCUT2D eigenvalue weighted by molar-refractivity contribution is 7.88. The Balaban J connectivity index is 1.05. The van der Waals surface area contributed by atoms with Crippen molar-refractivity contribution >= 4 is 22.1 Å². The number of amides is 1. The van der Waals surface area contributed by atoms with E-state index in [9.17, 15) is 13.2 Å². The monoisotopic (exact) mass is 493 g/mol. The molecule has 34 heavy (non-hydrogen) atoms. The van der Waals surface area contributed by atoms with Crippen LogP contribution in [0.2, 0.25) is 0 Å². The quantitative estimate of drug-likeness (QED) is 0.589. The maximum atomic E-state index is 12.4. The Hall–Kier alpha value is -1.98. The predicted molar refractivity (Wildman–Crippen MR) is 126 cm³/mol. The fraction of sp³-hybridized carbons (Fsp3) is 0.783. The minimum atomic E-state index is -3.20. The molecule has 1 saturated carbocycles. The first-order valence-corrected chi connectivity index (χ1v) is 14.1. The molecule has 188 valence electrons. The number of hydrogen-bond acceptors (Lipinski definition) is 8. The summed E-state index contributed by atoms with van der Waals surface area (Å²) in [6.07, 6.45) is 6.45. The van der Waals surface area contributed by atoms with Gasteiger partial charge in [-0.25, -0.2) is 23.2 Å². The Morgan fingerprint density at radius 3 is 2.68 bits per heavy atom. The van der Waals surface area contributed by atoms with Crippen molar-refractivity contribution in [2.24, 2.45) is 11.8 Å². The molecule has 0 N–H and O–H groups in total. The van der Waals surface area contributed by atoms with Crippen LogP contribution >= 0.6 is 0 Å². The third-order valence-electron chi connectivity index (χ3n) is 7.66. The van der Waals surface area contributed by atoms with E-state index < -0.39 is 10.0 Å². The largest absolute Gasteiger partial charge is 0.443 e. The van der Waals surface area contributed by atoms with Gasteiger partial charge >= 0.3 is 6.09 Å². The van der Waals surface area contributed by atoms with Crippen molar-refractivity contribution in [3.8, 4) is 0 Å². The van der Waals surface area contributed by atoms with Gasteiger partial charge in [0.05, 0.1) is 24.7 Å². The molecule has 0 bridgehead atoms. The first kappa shape index (κ1) is 23.7. The molecule has 1 aromatic heterocycles. The zero-order valence-corrected chi connectivity index (χ0v) is 21.1. The minimum absolute atomic E-state index is 0.158. The number of likely N-dealkylation sites (tertiary alicyclic amines) is 1. The van der Waals surface area contributed by atoms with E-state index in [4.69, 9.17) is 14.5 Å². The summed E-state index contributed by atoms with van der Waals surface area (Å²) in [6.45, 7) is 8.65. The second-order valence-corrected chi connectivity index (χ2v) is 12.6. The lowest BCUT2D eigenvalue weighted by atomic mass is 9.87. The molecule has 0 aromatic carbocycles. The van der Waals surface area contributed by atoms with Gasteiger partial charge in [-0.05, 0) is 38.0 Å². The number of carbonyl (C=O) groups excluding carboxylic acids is 1. The molecule has 1 amide bonds. The highest BCUT2D eigenvalue weighted by Gasteiger charge is 2.43. The van der Waals surface area contributed by atoms with Crippen molar-refractivity contribution < 1.29 is 22.7 Å². The van der Waals surface area contributed by atoms with Gasteiger partial charge in [-0.15, -0.1) is 0 Å². The van der Waals surface area contributed by atoms with Crippen molar-refractivity contribution in [1.29, 1.82) is 0 Å². The first-order chi connectivity index (χ1) is 16.1. The Morgan fingerprint density at radius 2 is 2.00 bits per heavy atom. The van der Waals surface area contributed by atoms with Gasteiger partial charge in [-0.3, -0.25) is 0 Å². The highest BCUT2D eigenvalue weighted by atomic mass is 32.2. The van der Waals surface area contributed by atoms with E-state index in [0.29, 0.717) is 43.9 Å². The molecule has 0 spiro atoms. The molecular weight excluding hydrogens is 458 g/mol. The fourth-order valence-electron chi connectivity index (χ4n) is 4.84. The number of nitrogens with zero attached hydrogens (tertiary/aromatic N) is 5. The molecule has 0 radical (unpaired) electrons. The summed E-state index contributed by atoms with van der Waals surface area (Å²) in [6, 6.07) is 0. The highest BCUT2D eigenvalue weighted by Crippen LogP contribution is 2.39. The SMILES string of the molecule is C[C@H]1CN(C(=O)OC2(C)CC2)CCC1COC1CN(c2ncc3c(n2)CCN(S(C)(=O)=O)C3)C1. The van der Waals surface area contributed by atoms with Crippen LogP contribution in [0.4, 0.5) is 10.7 Å². The Morgan fingerprint density at radius 1 is 1.24 bits per heavy atom. The third-order valence-corrected chi connectivity index (χ3v) is 8.91. The first-order valence-electron chi connectivity index (χ1n) is 12.2. The van der Waals surface area contributed by atoms with Crippen LogP contribution < -0.4 is 4.90 Å². The Labute approximate surface area is 201 Å². The van der Waals surface area contributed by atoms with Crippen LogP contribution in [0.25, 0.3) is 0 Å². The van der Waals surface area contributed by atoms with Crippen LogP contribution in [0.1, 0.15) is 44.4 Å². The van der Waals surface area contributed by atoms with Gasteiger partial charge < -0.3 is 19.3 Å². The molecule has 4 heterocycles. The number of piperidine rings is 1. The molecule has 1 aromatic rings. The number of anilines is 1. The molecule has 2 atom stereocenters. The van der Waals surface area contributed by atoms with Crippen LogP contribution in [0.5, 0.6) is 0 Å². The smallest absolute Gasteiger partial charge is 0.410 e. The number of sulfonamides is 1. The molecule has 11 heteroatoms. The molecular formula is C23H35N5O5S. The molecule has 1 aliphatic carbocycles. The van der Waals surface area contributed by atoms with Crippen LogP contribution in [-0.2, 0) is 32.5 Å². The summed E-state index contributed by atoms with van der Waals surface area (Å²) in [5.41, 5.74) is 1.59. The molecule has 4 aliphatic rings. The van der Waals surface area contributed by atoms with E-state index in [0.717, 1.165) is 56.7 Å².